The summed E-state index contributed by atoms with van der Waals surface area (Å²) in [4.78, 5) is 11.4. The quantitative estimate of drug-likeness (QED) is 0.551. The molecule has 0 aliphatic carbocycles. The van der Waals surface area contributed by atoms with E-state index in [4.69, 9.17) is 4.74 Å². The summed E-state index contributed by atoms with van der Waals surface area (Å²) in [5, 5.41) is 2.31. The zero-order chi connectivity index (χ0) is 11.3. The molecule has 1 atom stereocenters. The number of esters is 1. The summed E-state index contributed by atoms with van der Waals surface area (Å²) in [6.07, 6.45) is 2.79. The van der Waals surface area contributed by atoms with E-state index in [1.165, 1.54) is 13.0 Å². The molecule has 1 fully saturated rings. The van der Waals surface area contributed by atoms with E-state index in [1.807, 2.05) is 13.8 Å². The summed E-state index contributed by atoms with van der Waals surface area (Å²) in [5.74, 6) is 0.918. The number of carbonyl (C=O) groups is 1. The van der Waals surface area contributed by atoms with Crippen molar-refractivity contribution >= 4 is 18.6 Å². The first kappa shape index (κ1) is 12.8. The van der Waals surface area contributed by atoms with Gasteiger partial charge in [0, 0.05) is 11.7 Å². The number of rotatable bonds is 4. The van der Waals surface area contributed by atoms with Crippen LogP contribution in [0.2, 0.25) is 0 Å². The van der Waals surface area contributed by atoms with Crippen molar-refractivity contribution in [2.75, 3.05) is 18.8 Å². The third kappa shape index (κ3) is 4.03. The Labute approximate surface area is 97.4 Å². The largest absolute Gasteiger partial charge is 0.459 e. The van der Waals surface area contributed by atoms with E-state index in [1.54, 1.807) is 0 Å². The maximum absolute atomic E-state index is 11.4. The zero-order valence-corrected chi connectivity index (χ0v) is 10.6. The Hall–Kier alpha value is -0.220. The predicted octanol–water partition coefficient (Wildman–Crippen LogP) is 0.602. The second-order valence-corrected chi connectivity index (χ2v) is 5.15. The third-order valence-corrected chi connectivity index (χ3v) is 3.31. The highest BCUT2D eigenvalue weighted by Gasteiger charge is 2.35. The number of ether oxygens (including phenoxy) is 1. The summed E-state index contributed by atoms with van der Waals surface area (Å²) in [7, 11) is 0. The molecule has 88 valence electrons. The van der Waals surface area contributed by atoms with Crippen LogP contribution < -0.4 is 5.32 Å². The number of piperidine rings is 1. The third-order valence-electron chi connectivity index (χ3n) is 3.09. The highest BCUT2D eigenvalue weighted by atomic mass is 32.1. The van der Waals surface area contributed by atoms with Crippen LogP contribution in [0.4, 0.5) is 0 Å². The van der Waals surface area contributed by atoms with Gasteiger partial charge in [0.05, 0.1) is 19.5 Å². The van der Waals surface area contributed by atoms with Gasteiger partial charge in [-0.15, -0.1) is 0 Å². The van der Waals surface area contributed by atoms with E-state index in [0.29, 0.717) is 18.1 Å². The Morgan fingerprint density at radius 2 is 2.33 bits per heavy atom. The van der Waals surface area contributed by atoms with Gasteiger partial charge in [0.2, 0.25) is 0 Å². The molecule has 0 bridgehead atoms. The number of carbonyl (C=O) groups excluding carboxylic acids is 1. The van der Waals surface area contributed by atoms with E-state index in [2.05, 4.69) is 17.9 Å². The fourth-order valence-electron chi connectivity index (χ4n) is 2.10. The number of nitrogens with two attached hydrogens (primary N) is 1. The van der Waals surface area contributed by atoms with Crippen molar-refractivity contribution in [3.8, 4) is 0 Å². The molecule has 0 aromatic carbocycles. The molecule has 0 aromatic heterocycles. The monoisotopic (exact) mass is 232 g/mol. The van der Waals surface area contributed by atoms with E-state index < -0.39 is 0 Å². The number of thiol groups is 1. The molecule has 1 aliphatic rings. The number of quaternary nitrogens is 1. The van der Waals surface area contributed by atoms with Gasteiger partial charge < -0.3 is 10.1 Å². The predicted molar refractivity (Wildman–Crippen MR) is 63.0 cm³/mol. The highest BCUT2D eigenvalue weighted by Crippen LogP contribution is 2.26. The topological polar surface area (TPSA) is 42.9 Å². The first-order valence-electron chi connectivity index (χ1n) is 5.70. The molecule has 3 nitrogen and oxygen atoms in total. The van der Waals surface area contributed by atoms with E-state index in [-0.39, 0.29) is 11.6 Å². The second kappa shape index (κ2) is 5.75. The molecular weight excluding hydrogens is 210 g/mol. The minimum atomic E-state index is -0.322. The molecule has 0 saturated carbocycles. The van der Waals surface area contributed by atoms with Crippen molar-refractivity contribution in [3.05, 3.63) is 0 Å². The fourth-order valence-corrected chi connectivity index (χ4v) is 2.28. The van der Waals surface area contributed by atoms with Crippen molar-refractivity contribution in [2.24, 2.45) is 5.92 Å². The van der Waals surface area contributed by atoms with Crippen molar-refractivity contribution in [3.63, 3.8) is 0 Å². The van der Waals surface area contributed by atoms with Crippen LogP contribution in [-0.2, 0) is 9.53 Å². The van der Waals surface area contributed by atoms with Gasteiger partial charge >= 0.3 is 5.97 Å². The number of hydrogen-bond acceptors (Lipinski definition) is 3. The summed E-state index contributed by atoms with van der Waals surface area (Å²) in [6.45, 7) is 6.32. The average Bonchev–Trinajstić information content (AvgIpc) is 2.18. The van der Waals surface area contributed by atoms with Crippen LogP contribution in [0, 0.1) is 5.92 Å². The molecular formula is C11H22NO2S+. The summed E-state index contributed by atoms with van der Waals surface area (Å²) in [5.41, 5.74) is -0.322. The van der Waals surface area contributed by atoms with Crippen molar-refractivity contribution in [2.45, 2.75) is 38.7 Å². The van der Waals surface area contributed by atoms with Gasteiger partial charge in [0.1, 0.15) is 5.60 Å². The van der Waals surface area contributed by atoms with E-state index >= 15 is 0 Å². The van der Waals surface area contributed by atoms with Gasteiger partial charge in [-0.25, -0.2) is 0 Å². The highest BCUT2D eigenvalue weighted by molar-refractivity contribution is 7.80. The molecule has 1 rings (SSSR count). The van der Waals surface area contributed by atoms with Gasteiger partial charge in [-0.1, -0.05) is 0 Å². The summed E-state index contributed by atoms with van der Waals surface area (Å²) >= 11 is 4.03. The van der Waals surface area contributed by atoms with Gasteiger partial charge in [0.15, 0.2) is 0 Å². The smallest absolute Gasteiger partial charge is 0.307 e. The molecule has 0 amide bonds. The first-order valence-corrected chi connectivity index (χ1v) is 6.34. The molecule has 1 aliphatic heterocycles. The molecule has 0 aromatic rings. The molecule has 1 heterocycles. The molecule has 2 N–H and O–H groups in total. The zero-order valence-electron chi connectivity index (χ0n) is 9.66. The average molecular weight is 232 g/mol. The van der Waals surface area contributed by atoms with Gasteiger partial charge in [-0.05, 0) is 26.7 Å². The Balaban J connectivity index is 2.45. The lowest BCUT2D eigenvalue weighted by atomic mass is 9.85. The van der Waals surface area contributed by atoms with Crippen LogP contribution in [-0.4, -0.2) is 30.4 Å². The summed E-state index contributed by atoms with van der Waals surface area (Å²) < 4.78 is 5.51. The lowest BCUT2D eigenvalue weighted by Gasteiger charge is -2.35. The lowest BCUT2D eigenvalue weighted by molar-refractivity contribution is -0.671. The minimum absolute atomic E-state index is 0.124. The van der Waals surface area contributed by atoms with E-state index in [9.17, 15) is 4.79 Å². The van der Waals surface area contributed by atoms with Crippen LogP contribution in [0.5, 0.6) is 0 Å². The normalized spacial score (nSPS) is 22.5. The van der Waals surface area contributed by atoms with Crippen LogP contribution in [0.25, 0.3) is 0 Å². The maximum Gasteiger partial charge on any atom is 0.307 e. The second-order valence-electron chi connectivity index (χ2n) is 4.70. The standard InChI is InChI=1S/C11H21NO2S/c1-11(2,14-10(13)5-7-15)9-4-3-6-12-8-9/h9,12,15H,3-8H2,1-2H3/p+1. The Morgan fingerprint density at radius 3 is 2.87 bits per heavy atom. The molecule has 0 spiro atoms. The maximum atomic E-state index is 11.4. The summed E-state index contributed by atoms with van der Waals surface area (Å²) in [6, 6.07) is 0. The lowest BCUT2D eigenvalue weighted by Crippen LogP contribution is -2.88. The molecule has 0 radical (unpaired) electrons. The molecule has 4 heteroatoms. The number of hydrogen-bond donors (Lipinski definition) is 2. The van der Waals surface area contributed by atoms with Gasteiger partial charge in [0.25, 0.3) is 0 Å². The van der Waals surface area contributed by atoms with Crippen molar-refractivity contribution in [1.29, 1.82) is 0 Å². The molecule has 1 saturated heterocycles. The van der Waals surface area contributed by atoms with Crippen LogP contribution in [0.1, 0.15) is 33.1 Å². The van der Waals surface area contributed by atoms with Gasteiger partial charge in [-0.3, -0.25) is 4.79 Å². The Morgan fingerprint density at radius 1 is 1.60 bits per heavy atom. The fraction of sp³-hybridized carbons (Fsp3) is 0.909. The Bertz CT molecular complexity index is 213. The minimum Gasteiger partial charge on any atom is -0.459 e. The van der Waals surface area contributed by atoms with Crippen LogP contribution in [0.3, 0.4) is 0 Å². The molecule has 15 heavy (non-hydrogen) atoms. The van der Waals surface area contributed by atoms with Crippen molar-refractivity contribution in [1.82, 2.24) is 0 Å². The van der Waals surface area contributed by atoms with Crippen molar-refractivity contribution < 1.29 is 14.8 Å². The Kier molecular flexibility index (Phi) is 4.93. The first-order chi connectivity index (χ1) is 7.06. The van der Waals surface area contributed by atoms with E-state index in [0.717, 1.165) is 13.0 Å². The SMILES string of the molecule is CC(C)(OC(=O)CCS)C1CCC[NH2+]C1. The van der Waals surface area contributed by atoms with Gasteiger partial charge in [-0.2, -0.15) is 12.6 Å². The molecule has 1 unspecified atom stereocenters. The van der Waals surface area contributed by atoms with Crippen LogP contribution >= 0.6 is 12.6 Å². The van der Waals surface area contributed by atoms with Crippen LogP contribution in [0.15, 0.2) is 0 Å².